The second kappa shape index (κ2) is 8.90. The van der Waals surface area contributed by atoms with Gasteiger partial charge in [0.1, 0.15) is 0 Å². The lowest BCUT2D eigenvalue weighted by atomic mass is 9.84. The number of anilines is 1. The largest absolute Gasteiger partial charge is 0.370 e. The van der Waals surface area contributed by atoms with Gasteiger partial charge in [0.15, 0.2) is 5.96 Å². The van der Waals surface area contributed by atoms with E-state index in [-0.39, 0.29) is 28.7 Å². The standard InChI is InChI=1S/C17H25ClN4OS.HI/c1-24(23)17(7-2-8-17)13-20-16(19)22-11-9-21(10-12-22)15-5-3-14(18)4-6-15;/h3-6H,2,7-13H2,1H3,(H2,19,20);1H. The number of rotatable bonds is 4. The summed E-state index contributed by atoms with van der Waals surface area (Å²) in [5.74, 6) is 0.586. The van der Waals surface area contributed by atoms with Crippen LogP contribution in [0.3, 0.4) is 0 Å². The van der Waals surface area contributed by atoms with E-state index >= 15 is 0 Å². The van der Waals surface area contributed by atoms with Gasteiger partial charge in [0.05, 0.1) is 11.3 Å². The van der Waals surface area contributed by atoms with Crippen LogP contribution in [-0.2, 0) is 10.8 Å². The molecule has 1 aliphatic carbocycles. The molecule has 1 saturated carbocycles. The molecule has 140 valence electrons. The third-order valence-corrected chi connectivity index (χ3v) is 7.21. The molecule has 0 amide bonds. The van der Waals surface area contributed by atoms with E-state index in [2.05, 4.69) is 14.8 Å². The smallest absolute Gasteiger partial charge is 0.191 e. The normalized spacial score (nSPS) is 21.3. The Kier molecular flexibility index (Phi) is 7.40. The van der Waals surface area contributed by atoms with E-state index < -0.39 is 10.8 Å². The van der Waals surface area contributed by atoms with Gasteiger partial charge in [-0.25, -0.2) is 0 Å². The summed E-state index contributed by atoms with van der Waals surface area (Å²) in [6, 6.07) is 7.93. The first-order valence-corrected chi connectivity index (χ1v) is 10.3. The van der Waals surface area contributed by atoms with Crippen molar-refractivity contribution in [2.75, 3.05) is 43.9 Å². The lowest BCUT2D eigenvalue weighted by Crippen LogP contribution is -2.52. The van der Waals surface area contributed by atoms with Gasteiger partial charge in [-0.05, 0) is 37.1 Å². The molecule has 1 heterocycles. The summed E-state index contributed by atoms with van der Waals surface area (Å²) in [7, 11) is -0.836. The number of nitrogens with zero attached hydrogens (tertiary/aromatic N) is 3. The number of piperazine rings is 1. The Morgan fingerprint density at radius 1 is 1.24 bits per heavy atom. The van der Waals surface area contributed by atoms with Gasteiger partial charge in [-0.3, -0.25) is 9.20 Å². The van der Waals surface area contributed by atoms with Gasteiger partial charge < -0.3 is 15.5 Å². The number of hydrogen-bond donors (Lipinski definition) is 1. The number of aliphatic imine (C=N–C) groups is 1. The first-order chi connectivity index (χ1) is 11.5. The Bertz CT molecular complexity index is 628. The van der Waals surface area contributed by atoms with Crippen LogP contribution in [0.2, 0.25) is 5.02 Å². The zero-order chi connectivity index (χ0) is 17.2. The van der Waals surface area contributed by atoms with Gasteiger partial charge in [0.2, 0.25) is 0 Å². The van der Waals surface area contributed by atoms with Gasteiger partial charge in [0.25, 0.3) is 0 Å². The van der Waals surface area contributed by atoms with Crippen molar-refractivity contribution in [1.82, 2.24) is 4.90 Å². The Morgan fingerprint density at radius 3 is 2.32 bits per heavy atom. The maximum atomic E-state index is 11.9. The molecule has 1 saturated heterocycles. The highest BCUT2D eigenvalue weighted by Crippen LogP contribution is 2.37. The van der Waals surface area contributed by atoms with Gasteiger partial charge >= 0.3 is 0 Å². The summed E-state index contributed by atoms with van der Waals surface area (Å²) >= 11 is 5.95. The number of guanidine groups is 1. The zero-order valence-electron chi connectivity index (χ0n) is 14.5. The average Bonchev–Trinajstić information content (AvgIpc) is 2.54. The molecule has 25 heavy (non-hydrogen) atoms. The molecule has 0 bridgehead atoms. The number of halogens is 2. The SMILES string of the molecule is CS(=O)C1(CN=C(N)N2CCN(c3ccc(Cl)cc3)CC2)CCC1.I. The minimum Gasteiger partial charge on any atom is -0.370 e. The monoisotopic (exact) mass is 496 g/mol. The van der Waals surface area contributed by atoms with Crippen LogP contribution in [0.15, 0.2) is 29.3 Å². The third-order valence-electron chi connectivity index (χ3n) is 5.20. The first-order valence-electron chi connectivity index (χ1n) is 8.39. The number of nitrogens with two attached hydrogens (primary N) is 1. The fourth-order valence-electron chi connectivity index (χ4n) is 3.28. The molecule has 2 fully saturated rings. The van der Waals surface area contributed by atoms with Crippen LogP contribution >= 0.6 is 35.6 Å². The van der Waals surface area contributed by atoms with E-state index in [4.69, 9.17) is 17.3 Å². The molecule has 0 aromatic heterocycles. The molecule has 0 radical (unpaired) electrons. The fraction of sp³-hybridized carbons (Fsp3) is 0.588. The van der Waals surface area contributed by atoms with Crippen molar-refractivity contribution in [1.29, 1.82) is 0 Å². The summed E-state index contributed by atoms with van der Waals surface area (Å²) in [6.07, 6.45) is 4.93. The molecule has 5 nitrogen and oxygen atoms in total. The molecule has 1 aromatic carbocycles. The van der Waals surface area contributed by atoms with E-state index in [0.29, 0.717) is 12.5 Å². The molecular formula is C17H26ClIN4OS. The van der Waals surface area contributed by atoms with Crippen LogP contribution < -0.4 is 10.6 Å². The summed E-state index contributed by atoms with van der Waals surface area (Å²) in [5, 5.41) is 0.756. The Balaban J connectivity index is 0.00000225. The van der Waals surface area contributed by atoms with Crippen molar-refractivity contribution in [2.24, 2.45) is 10.7 Å². The highest BCUT2D eigenvalue weighted by atomic mass is 127. The summed E-state index contributed by atoms with van der Waals surface area (Å²) in [4.78, 5) is 9.01. The van der Waals surface area contributed by atoms with Gasteiger partial charge in [-0.15, -0.1) is 24.0 Å². The van der Waals surface area contributed by atoms with Gasteiger partial charge in [-0.2, -0.15) is 0 Å². The van der Waals surface area contributed by atoms with Crippen LogP contribution in [0, 0.1) is 0 Å². The maximum absolute atomic E-state index is 11.9. The van der Waals surface area contributed by atoms with E-state index in [1.807, 2.05) is 24.3 Å². The highest BCUT2D eigenvalue weighted by Gasteiger charge is 2.40. The summed E-state index contributed by atoms with van der Waals surface area (Å²) in [6.45, 7) is 4.09. The van der Waals surface area contributed by atoms with Crippen molar-refractivity contribution < 1.29 is 4.21 Å². The molecule has 2 aliphatic rings. The average molecular weight is 497 g/mol. The fourth-order valence-corrected chi connectivity index (χ4v) is 4.51. The van der Waals surface area contributed by atoms with Crippen LogP contribution in [0.1, 0.15) is 19.3 Å². The third kappa shape index (κ3) is 4.80. The number of hydrogen-bond acceptors (Lipinski definition) is 3. The van der Waals surface area contributed by atoms with Crippen molar-refractivity contribution in [3.05, 3.63) is 29.3 Å². The van der Waals surface area contributed by atoms with E-state index in [0.717, 1.165) is 50.5 Å². The summed E-state index contributed by atoms with van der Waals surface area (Å²) < 4.78 is 11.8. The molecule has 2 N–H and O–H groups in total. The predicted octanol–water partition coefficient (Wildman–Crippen LogP) is 2.70. The van der Waals surface area contributed by atoms with Crippen LogP contribution in [0.5, 0.6) is 0 Å². The first kappa shape index (κ1) is 20.8. The van der Waals surface area contributed by atoms with Crippen molar-refractivity contribution in [2.45, 2.75) is 24.0 Å². The predicted molar refractivity (Wildman–Crippen MR) is 118 cm³/mol. The van der Waals surface area contributed by atoms with E-state index in [1.165, 1.54) is 5.69 Å². The summed E-state index contributed by atoms with van der Waals surface area (Å²) in [5.41, 5.74) is 7.36. The Morgan fingerprint density at radius 2 is 1.84 bits per heavy atom. The molecule has 1 aliphatic heterocycles. The van der Waals surface area contributed by atoms with Crippen LogP contribution in [0.25, 0.3) is 0 Å². The molecule has 1 unspecified atom stereocenters. The highest BCUT2D eigenvalue weighted by molar-refractivity contribution is 14.0. The van der Waals surface area contributed by atoms with Crippen LogP contribution in [-0.4, -0.2) is 58.8 Å². The molecule has 8 heteroatoms. The molecule has 1 aromatic rings. The minimum atomic E-state index is -0.836. The zero-order valence-corrected chi connectivity index (χ0v) is 18.4. The van der Waals surface area contributed by atoms with Crippen molar-refractivity contribution in [3.8, 4) is 0 Å². The Labute approximate surface area is 174 Å². The second-order valence-corrected chi connectivity index (χ2v) is 8.83. The lowest BCUT2D eigenvalue weighted by molar-refractivity contribution is 0.352. The second-order valence-electron chi connectivity index (χ2n) is 6.62. The molecule has 3 rings (SSSR count). The molecule has 1 atom stereocenters. The van der Waals surface area contributed by atoms with Gasteiger partial charge in [-0.1, -0.05) is 18.0 Å². The topological polar surface area (TPSA) is 61.9 Å². The Hall–Kier alpha value is -0.540. The van der Waals surface area contributed by atoms with Crippen molar-refractivity contribution >= 4 is 58.0 Å². The van der Waals surface area contributed by atoms with E-state index in [9.17, 15) is 4.21 Å². The van der Waals surface area contributed by atoms with Crippen molar-refractivity contribution in [3.63, 3.8) is 0 Å². The maximum Gasteiger partial charge on any atom is 0.191 e. The molecule has 0 spiro atoms. The van der Waals surface area contributed by atoms with E-state index in [1.54, 1.807) is 6.26 Å². The minimum absolute atomic E-state index is 0. The quantitative estimate of drug-likeness (QED) is 0.396. The van der Waals surface area contributed by atoms with Gasteiger partial charge in [0, 0.05) is 53.9 Å². The molecular weight excluding hydrogens is 471 g/mol. The number of benzene rings is 1. The van der Waals surface area contributed by atoms with Crippen LogP contribution in [0.4, 0.5) is 5.69 Å². The lowest BCUT2D eigenvalue weighted by Gasteiger charge is -2.39.